The summed E-state index contributed by atoms with van der Waals surface area (Å²) >= 11 is 1.85. The van der Waals surface area contributed by atoms with Crippen molar-refractivity contribution in [3.8, 4) is 11.3 Å². The van der Waals surface area contributed by atoms with Crippen molar-refractivity contribution in [2.45, 2.75) is 84.6 Å². The number of pyridine rings is 2. The highest BCUT2D eigenvalue weighted by atomic mass is 32.2. The van der Waals surface area contributed by atoms with Crippen LogP contribution in [0.5, 0.6) is 0 Å². The number of rotatable bonds is 9. The number of nitrogens with zero attached hydrogens (tertiary/aromatic N) is 3. The summed E-state index contributed by atoms with van der Waals surface area (Å²) in [5, 5.41) is 0. The highest BCUT2D eigenvalue weighted by Crippen LogP contribution is 2.39. The Balaban J connectivity index is 1.98. The Morgan fingerprint density at radius 2 is 1.91 bits per heavy atom. The Bertz CT molecular complexity index is 931. The molecule has 6 heteroatoms. The van der Waals surface area contributed by atoms with E-state index in [1.165, 1.54) is 17.7 Å². The minimum Gasteiger partial charge on any atom is -0.463 e. The number of anilines is 1. The van der Waals surface area contributed by atoms with Crippen LogP contribution in [0.2, 0.25) is 0 Å². The van der Waals surface area contributed by atoms with Gasteiger partial charge >= 0.3 is 5.97 Å². The number of hydrogen-bond acceptors (Lipinski definition) is 6. The first-order chi connectivity index (χ1) is 15.7. The van der Waals surface area contributed by atoms with Gasteiger partial charge in [0.2, 0.25) is 0 Å². The summed E-state index contributed by atoms with van der Waals surface area (Å²) in [7, 11) is 0. The normalized spacial score (nSPS) is 15.7. The average Bonchev–Trinajstić information content (AvgIpc) is 2.76. The first-order valence-electron chi connectivity index (χ1n) is 12.2. The number of hydrogen-bond donors (Lipinski definition) is 0. The van der Waals surface area contributed by atoms with E-state index in [2.05, 4.69) is 42.8 Å². The maximum Gasteiger partial charge on any atom is 0.310 e. The van der Waals surface area contributed by atoms with Crippen molar-refractivity contribution < 1.29 is 9.53 Å². The lowest BCUT2D eigenvalue weighted by Crippen LogP contribution is -2.38. The molecular weight excluding hydrogens is 430 g/mol. The molecule has 1 aliphatic heterocycles. The van der Waals surface area contributed by atoms with Crippen LogP contribution >= 0.6 is 11.8 Å². The number of esters is 1. The molecule has 0 bridgehead atoms. The monoisotopic (exact) mass is 469 g/mol. The maximum atomic E-state index is 12.6. The predicted octanol–water partition coefficient (Wildman–Crippen LogP) is 6.46. The Morgan fingerprint density at radius 1 is 1.18 bits per heavy atom. The van der Waals surface area contributed by atoms with Gasteiger partial charge < -0.3 is 9.64 Å². The molecule has 2 aromatic heterocycles. The molecule has 0 aliphatic carbocycles. The summed E-state index contributed by atoms with van der Waals surface area (Å²) in [6.07, 6.45) is 8.62. The van der Waals surface area contributed by atoms with Crippen molar-refractivity contribution in [2.75, 3.05) is 23.7 Å². The molecule has 0 radical (unpaired) electrons. The van der Waals surface area contributed by atoms with Crippen LogP contribution in [0.1, 0.15) is 71.6 Å². The zero-order valence-electron chi connectivity index (χ0n) is 21.1. The van der Waals surface area contributed by atoms with E-state index < -0.39 is 0 Å². The van der Waals surface area contributed by atoms with Gasteiger partial charge in [0.05, 0.1) is 23.9 Å². The minimum absolute atomic E-state index is 0.132. The average molecular weight is 470 g/mol. The third-order valence-electron chi connectivity index (χ3n) is 6.27. The van der Waals surface area contributed by atoms with E-state index in [-0.39, 0.29) is 18.5 Å². The Hall–Kier alpha value is -2.08. The number of ether oxygens (including phenoxy) is 1. The molecule has 5 nitrogen and oxygen atoms in total. The molecule has 2 aromatic rings. The van der Waals surface area contributed by atoms with Crippen molar-refractivity contribution in [2.24, 2.45) is 5.41 Å². The number of unbranched alkanes of at least 4 members (excludes halogenated alkanes) is 1. The molecule has 0 spiro atoms. The molecule has 0 atom stereocenters. The quantitative estimate of drug-likeness (QED) is 0.238. The van der Waals surface area contributed by atoms with Crippen molar-refractivity contribution in [3.05, 3.63) is 35.8 Å². The summed E-state index contributed by atoms with van der Waals surface area (Å²) in [6.45, 7) is 14.6. The molecule has 0 unspecified atom stereocenters. The second-order valence-electron chi connectivity index (χ2n) is 10.0. The fourth-order valence-electron chi connectivity index (χ4n) is 4.14. The summed E-state index contributed by atoms with van der Waals surface area (Å²) in [5.41, 5.74) is 5.17. The van der Waals surface area contributed by atoms with Gasteiger partial charge in [0, 0.05) is 47.2 Å². The highest BCUT2D eigenvalue weighted by molar-refractivity contribution is 7.99. The van der Waals surface area contributed by atoms with E-state index in [9.17, 15) is 4.79 Å². The fraction of sp³-hybridized carbons (Fsp3) is 0.593. The molecule has 1 aliphatic rings. The van der Waals surface area contributed by atoms with Crippen LogP contribution in [0.3, 0.4) is 0 Å². The van der Waals surface area contributed by atoms with Crippen molar-refractivity contribution in [1.82, 2.24) is 9.97 Å². The van der Waals surface area contributed by atoms with Crippen LogP contribution in [0.4, 0.5) is 5.69 Å². The van der Waals surface area contributed by atoms with Crippen LogP contribution in [-0.4, -0.2) is 40.9 Å². The highest BCUT2D eigenvalue weighted by Gasteiger charge is 2.29. The van der Waals surface area contributed by atoms with Gasteiger partial charge in [0.25, 0.3) is 0 Å². The second-order valence-corrected chi connectivity index (χ2v) is 11.2. The van der Waals surface area contributed by atoms with Gasteiger partial charge in [0.1, 0.15) is 0 Å². The van der Waals surface area contributed by atoms with Gasteiger partial charge in [-0.2, -0.15) is 0 Å². The molecule has 3 rings (SSSR count). The molecule has 0 amide bonds. The number of carbonyl (C=O) groups excluding carboxylic acids is 1. The van der Waals surface area contributed by atoms with Gasteiger partial charge in [-0.3, -0.25) is 14.8 Å². The number of carbonyl (C=O) groups is 1. The van der Waals surface area contributed by atoms with Crippen molar-refractivity contribution in [3.63, 3.8) is 0 Å². The molecule has 3 heterocycles. The topological polar surface area (TPSA) is 55.3 Å². The smallest absolute Gasteiger partial charge is 0.310 e. The molecule has 0 saturated carbocycles. The lowest BCUT2D eigenvalue weighted by molar-refractivity contribution is -0.146. The van der Waals surface area contributed by atoms with Crippen LogP contribution in [0.15, 0.2) is 29.4 Å². The number of thioether (sulfide) groups is 1. The van der Waals surface area contributed by atoms with Gasteiger partial charge in [-0.1, -0.05) is 27.2 Å². The lowest BCUT2D eigenvalue weighted by Gasteiger charge is -2.40. The van der Waals surface area contributed by atoms with E-state index >= 15 is 0 Å². The van der Waals surface area contributed by atoms with E-state index in [1.54, 1.807) is 0 Å². The lowest BCUT2D eigenvalue weighted by atomic mass is 9.82. The molecule has 1 saturated heterocycles. The fourth-order valence-corrected chi connectivity index (χ4v) is 5.10. The summed E-state index contributed by atoms with van der Waals surface area (Å²) < 4.78 is 5.49. The van der Waals surface area contributed by atoms with Gasteiger partial charge in [-0.15, -0.1) is 11.8 Å². The molecule has 1 fully saturated rings. The van der Waals surface area contributed by atoms with Gasteiger partial charge in [0.15, 0.2) is 0 Å². The van der Waals surface area contributed by atoms with E-state index in [0.29, 0.717) is 5.41 Å². The molecule has 180 valence electrons. The first-order valence-corrected chi connectivity index (χ1v) is 13.2. The Labute approximate surface area is 203 Å². The van der Waals surface area contributed by atoms with Gasteiger partial charge in [-0.05, 0) is 63.3 Å². The maximum absolute atomic E-state index is 12.6. The molecule has 33 heavy (non-hydrogen) atoms. The Morgan fingerprint density at radius 3 is 2.52 bits per heavy atom. The van der Waals surface area contributed by atoms with Crippen molar-refractivity contribution in [1.29, 1.82) is 0 Å². The van der Waals surface area contributed by atoms with E-state index in [4.69, 9.17) is 9.72 Å². The van der Waals surface area contributed by atoms with Gasteiger partial charge in [-0.25, -0.2) is 0 Å². The zero-order valence-corrected chi connectivity index (χ0v) is 21.9. The third-order valence-corrected chi connectivity index (χ3v) is 7.33. The Kier molecular flexibility index (Phi) is 8.80. The zero-order chi connectivity index (χ0) is 24.0. The van der Waals surface area contributed by atoms with Crippen LogP contribution in [0, 0.1) is 12.3 Å². The summed E-state index contributed by atoms with van der Waals surface area (Å²) in [6, 6.07) is 4.24. The van der Waals surface area contributed by atoms with Crippen LogP contribution in [0.25, 0.3) is 11.3 Å². The van der Waals surface area contributed by atoms with Crippen LogP contribution in [-0.2, 0) is 16.0 Å². The summed E-state index contributed by atoms with van der Waals surface area (Å²) in [5.74, 6) is 0.904. The molecule has 0 aromatic carbocycles. The first kappa shape index (κ1) is 25.5. The van der Waals surface area contributed by atoms with Crippen LogP contribution < -0.4 is 4.90 Å². The molecular formula is C27H39N3O2S. The summed E-state index contributed by atoms with van der Waals surface area (Å²) in [4.78, 5) is 25.7. The largest absolute Gasteiger partial charge is 0.463 e. The van der Waals surface area contributed by atoms with Crippen molar-refractivity contribution >= 4 is 23.4 Å². The third kappa shape index (κ3) is 6.95. The number of aryl methyl sites for hydroxylation is 1. The standard InChI is InChI=1S/C27H39N3O2S/c1-7-8-15-33-21-9-10-24(29-17-21)23-18-28-20(4)22(16-25(31)32-19(2)3)26(23)30-13-11-27(5,6)12-14-30/h9-10,17-19H,7-8,11-16H2,1-6H3. The van der Waals surface area contributed by atoms with E-state index in [0.717, 1.165) is 59.9 Å². The SMILES string of the molecule is CCCCSc1ccc(-c2cnc(C)c(CC(=O)OC(C)C)c2N2CCC(C)(C)CC2)nc1. The van der Waals surface area contributed by atoms with E-state index in [1.807, 2.05) is 44.9 Å². The molecule has 0 N–H and O–H groups in total. The minimum atomic E-state index is -0.207. The second kappa shape index (κ2) is 11.4. The predicted molar refractivity (Wildman–Crippen MR) is 138 cm³/mol. The number of aromatic nitrogens is 2. The number of piperidine rings is 1.